The first kappa shape index (κ1) is 26.1. The summed E-state index contributed by atoms with van der Waals surface area (Å²) >= 11 is 0. The molecule has 1 aliphatic heterocycles. The number of hydrogen-bond acceptors (Lipinski definition) is 2. The zero-order chi connectivity index (χ0) is 21.0. The van der Waals surface area contributed by atoms with Gasteiger partial charge in [0.05, 0.1) is 0 Å². The molecule has 1 saturated carbocycles. The molecule has 2 fully saturated rings. The fraction of sp³-hybridized carbons (Fsp3) is 0.500. The predicted molar refractivity (Wildman–Crippen MR) is 145 cm³/mol. The molecule has 1 atom stereocenters. The van der Waals surface area contributed by atoms with E-state index in [9.17, 15) is 0 Å². The van der Waals surface area contributed by atoms with E-state index < -0.39 is 0 Å². The minimum absolute atomic E-state index is 0. The number of rotatable bonds is 7. The number of hydrogen-bond donors (Lipinski definition) is 2. The summed E-state index contributed by atoms with van der Waals surface area (Å²) in [6.45, 7) is 5.59. The van der Waals surface area contributed by atoms with Gasteiger partial charge in [-0.3, -0.25) is 0 Å². The average molecular weight is 489 g/mol. The van der Waals surface area contributed by atoms with Crippen molar-refractivity contribution in [1.82, 2.24) is 15.2 Å². The Labute approximate surface area is 211 Å². The van der Waals surface area contributed by atoms with Gasteiger partial charge in [0.1, 0.15) is 0 Å². The summed E-state index contributed by atoms with van der Waals surface area (Å²) in [5.41, 5.74) is 5.75. The largest absolute Gasteiger partial charge is 0.344 e. The number of aryl methyl sites for hydroxylation is 1. The standard InChI is InChI=1S/C28H37N3.2ClH/c1-21-7-6-8-22(19-21)25(15-18-30-23-13-16-29-17-14-23)27-20-31(24-9-2-3-10-24)28-12-5-4-11-26(27)28;;/h4-8,11-12,19-20,23-25,29-30H,2-3,9-10,13-18H2,1H3;2*1H. The summed E-state index contributed by atoms with van der Waals surface area (Å²) in [4.78, 5) is 0. The van der Waals surface area contributed by atoms with Gasteiger partial charge >= 0.3 is 0 Å². The van der Waals surface area contributed by atoms with Crippen molar-refractivity contribution in [2.24, 2.45) is 0 Å². The lowest BCUT2D eigenvalue weighted by atomic mass is 9.87. The van der Waals surface area contributed by atoms with Crippen molar-refractivity contribution < 1.29 is 0 Å². The number of nitrogens with zero attached hydrogens (tertiary/aromatic N) is 1. The molecule has 33 heavy (non-hydrogen) atoms. The predicted octanol–water partition coefficient (Wildman–Crippen LogP) is 6.77. The van der Waals surface area contributed by atoms with Crippen molar-refractivity contribution in [3.8, 4) is 0 Å². The Hall–Kier alpha value is -1.52. The fourth-order valence-electron chi connectivity index (χ4n) is 5.84. The zero-order valence-corrected chi connectivity index (χ0v) is 21.4. The van der Waals surface area contributed by atoms with Crippen molar-refractivity contribution >= 4 is 35.7 Å². The fourth-order valence-corrected chi connectivity index (χ4v) is 5.84. The first-order chi connectivity index (χ1) is 15.3. The second-order valence-electron chi connectivity index (χ2n) is 9.68. The number of fused-ring (bicyclic) bond motifs is 1. The highest BCUT2D eigenvalue weighted by Gasteiger charge is 2.24. The third-order valence-corrected chi connectivity index (χ3v) is 7.51. The number of piperidine rings is 1. The normalized spacial score (nSPS) is 18.1. The lowest BCUT2D eigenvalue weighted by Gasteiger charge is -2.25. The summed E-state index contributed by atoms with van der Waals surface area (Å²) in [5, 5.41) is 8.80. The number of halogens is 2. The Bertz CT molecular complexity index is 1000. The van der Waals surface area contributed by atoms with Crippen LogP contribution in [0.2, 0.25) is 0 Å². The van der Waals surface area contributed by atoms with Gasteiger partial charge in [0.2, 0.25) is 0 Å². The van der Waals surface area contributed by atoms with Crippen LogP contribution in [0, 0.1) is 6.92 Å². The van der Waals surface area contributed by atoms with Crippen LogP contribution in [0.3, 0.4) is 0 Å². The van der Waals surface area contributed by atoms with Crippen LogP contribution >= 0.6 is 24.8 Å². The topological polar surface area (TPSA) is 29.0 Å². The molecular weight excluding hydrogens is 449 g/mol. The van der Waals surface area contributed by atoms with Crippen molar-refractivity contribution in [1.29, 1.82) is 0 Å². The van der Waals surface area contributed by atoms with Crippen LogP contribution < -0.4 is 10.6 Å². The van der Waals surface area contributed by atoms with Crippen molar-refractivity contribution in [3.05, 3.63) is 71.4 Å². The Morgan fingerprint density at radius 1 is 0.970 bits per heavy atom. The van der Waals surface area contributed by atoms with Crippen LogP contribution in [0.5, 0.6) is 0 Å². The quantitative estimate of drug-likeness (QED) is 0.384. The van der Waals surface area contributed by atoms with E-state index >= 15 is 0 Å². The summed E-state index contributed by atoms with van der Waals surface area (Å²) in [7, 11) is 0. The zero-order valence-electron chi connectivity index (χ0n) is 19.8. The summed E-state index contributed by atoms with van der Waals surface area (Å²) in [6.07, 6.45) is 11.5. The average Bonchev–Trinajstić information content (AvgIpc) is 3.46. The number of para-hydroxylation sites is 1. The van der Waals surface area contributed by atoms with Crippen LogP contribution in [0.25, 0.3) is 10.9 Å². The van der Waals surface area contributed by atoms with Crippen molar-refractivity contribution in [2.75, 3.05) is 19.6 Å². The van der Waals surface area contributed by atoms with Gasteiger partial charge in [-0.05, 0) is 75.9 Å². The molecule has 0 bridgehead atoms. The minimum Gasteiger partial charge on any atom is -0.344 e. The number of benzene rings is 2. The summed E-state index contributed by atoms with van der Waals surface area (Å²) < 4.78 is 2.61. The SMILES string of the molecule is Cc1cccc(C(CCNC2CCNCC2)c2cn(C3CCCC3)c3ccccc23)c1.Cl.Cl. The van der Waals surface area contributed by atoms with Crippen LogP contribution in [-0.2, 0) is 0 Å². The maximum atomic E-state index is 3.87. The van der Waals surface area contributed by atoms with Crippen LogP contribution in [-0.4, -0.2) is 30.2 Å². The minimum atomic E-state index is 0. The molecule has 5 heteroatoms. The van der Waals surface area contributed by atoms with Gasteiger partial charge in [0.15, 0.2) is 0 Å². The lowest BCUT2D eigenvalue weighted by molar-refractivity contribution is 0.383. The second kappa shape index (κ2) is 12.3. The highest BCUT2D eigenvalue weighted by atomic mass is 35.5. The highest BCUT2D eigenvalue weighted by molar-refractivity contribution is 5.86. The molecule has 3 aromatic rings. The van der Waals surface area contributed by atoms with Gasteiger partial charge in [0.25, 0.3) is 0 Å². The molecule has 5 rings (SSSR count). The van der Waals surface area contributed by atoms with Gasteiger partial charge in [-0.1, -0.05) is 60.9 Å². The van der Waals surface area contributed by atoms with E-state index in [-0.39, 0.29) is 24.8 Å². The molecule has 1 aromatic heterocycles. The molecule has 0 amide bonds. The molecule has 2 N–H and O–H groups in total. The van der Waals surface area contributed by atoms with Gasteiger partial charge in [-0.2, -0.15) is 0 Å². The van der Waals surface area contributed by atoms with Crippen molar-refractivity contribution in [3.63, 3.8) is 0 Å². The lowest BCUT2D eigenvalue weighted by Crippen LogP contribution is -2.40. The molecule has 2 aliphatic rings. The maximum Gasteiger partial charge on any atom is 0.0485 e. The summed E-state index contributed by atoms with van der Waals surface area (Å²) in [6, 6.07) is 19.6. The van der Waals surface area contributed by atoms with E-state index in [0.29, 0.717) is 18.0 Å². The summed E-state index contributed by atoms with van der Waals surface area (Å²) in [5.74, 6) is 0.432. The monoisotopic (exact) mass is 487 g/mol. The Morgan fingerprint density at radius 3 is 2.48 bits per heavy atom. The van der Waals surface area contributed by atoms with Gasteiger partial charge in [-0.25, -0.2) is 0 Å². The van der Waals surface area contributed by atoms with E-state index in [2.05, 4.69) is 76.9 Å². The van der Waals surface area contributed by atoms with Crippen LogP contribution in [0.15, 0.2) is 54.7 Å². The third-order valence-electron chi connectivity index (χ3n) is 7.51. The molecule has 1 aliphatic carbocycles. The van der Waals surface area contributed by atoms with Gasteiger partial charge < -0.3 is 15.2 Å². The molecule has 2 aromatic carbocycles. The first-order valence-corrected chi connectivity index (χ1v) is 12.4. The Kier molecular flexibility index (Phi) is 9.69. The van der Waals surface area contributed by atoms with Gasteiger partial charge in [0, 0.05) is 35.1 Å². The van der Waals surface area contributed by atoms with E-state index in [4.69, 9.17) is 0 Å². The molecule has 2 heterocycles. The van der Waals surface area contributed by atoms with Crippen LogP contribution in [0.1, 0.15) is 73.6 Å². The maximum absolute atomic E-state index is 3.87. The molecule has 0 spiro atoms. The smallest absolute Gasteiger partial charge is 0.0485 e. The second-order valence-corrected chi connectivity index (χ2v) is 9.68. The molecule has 3 nitrogen and oxygen atoms in total. The first-order valence-electron chi connectivity index (χ1n) is 12.4. The van der Waals surface area contributed by atoms with E-state index in [1.54, 1.807) is 0 Å². The van der Waals surface area contributed by atoms with Crippen LogP contribution in [0.4, 0.5) is 0 Å². The van der Waals surface area contributed by atoms with Gasteiger partial charge in [-0.15, -0.1) is 24.8 Å². The van der Waals surface area contributed by atoms with E-state index in [1.165, 1.54) is 66.1 Å². The number of aromatic nitrogens is 1. The molecule has 1 unspecified atom stereocenters. The molecule has 180 valence electrons. The third kappa shape index (κ3) is 5.95. The molecular formula is C28H39Cl2N3. The highest BCUT2D eigenvalue weighted by Crippen LogP contribution is 2.39. The molecule has 1 saturated heterocycles. The Balaban J connectivity index is 0.00000153. The Morgan fingerprint density at radius 2 is 1.73 bits per heavy atom. The molecule has 0 radical (unpaired) electrons. The van der Waals surface area contributed by atoms with E-state index in [1.807, 2.05) is 0 Å². The van der Waals surface area contributed by atoms with E-state index in [0.717, 1.165) is 26.1 Å². The van der Waals surface area contributed by atoms with Crippen molar-refractivity contribution in [2.45, 2.75) is 69.9 Å². The number of nitrogens with one attached hydrogen (secondary N) is 2.